The molecule has 0 aliphatic carbocycles. The van der Waals surface area contributed by atoms with Crippen molar-refractivity contribution >= 4 is 23.9 Å². The molecule has 0 saturated heterocycles. The van der Waals surface area contributed by atoms with Crippen molar-refractivity contribution in [2.45, 2.75) is 78.6 Å². The summed E-state index contributed by atoms with van der Waals surface area (Å²) in [5.74, 6) is 0.933. The van der Waals surface area contributed by atoms with Crippen LogP contribution in [-0.4, -0.2) is 25.4 Å². The van der Waals surface area contributed by atoms with Crippen molar-refractivity contribution in [3.8, 4) is 5.75 Å². The summed E-state index contributed by atoms with van der Waals surface area (Å²) in [4.78, 5) is 16.6. The fourth-order valence-corrected chi connectivity index (χ4v) is 3.51. The summed E-state index contributed by atoms with van der Waals surface area (Å²) < 4.78 is 11.2. The monoisotopic (exact) mass is 477 g/mol. The zero-order chi connectivity index (χ0) is 25.1. The highest BCUT2D eigenvalue weighted by atomic mass is 16.5. The van der Waals surface area contributed by atoms with Crippen LogP contribution in [0, 0.1) is 5.92 Å². The molecule has 1 atom stereocenters. The van der Waals surface area contributed by atoms with E-state index in [1.807, 2.05) is 54.7 Å². The van der Waals surface area contributed by atoms with Gasteiger partial charge in [-0.25, -0.2) is 4.79 Å². The van der Waals surface area contributed by atoms with Crippen LogP contribution in [0.2, 0.25) is 0 Å². The maximum Gasteiger partial charge on any atom is 0.330 e. The van der Waals surface area contributed by atoms with Gasteiger partial charge in [0.25, 0.3) is 0 Å². The van der Waals surface area contributed by atoms with Crippen molar-refractivity contribution in [2.24, 2.45) is 10.9 Å². The third-order valence-corrected chi connectivity index (χ3v) is 6.04. The van der Waals surface area contributed by atoms with Crippen molar-refractivity contribution < 1.29 is 14.3 Å². The van der Waals surface area contributed by atoms with E-state index in [4.69, 9.17) is 9.47 Å². The number of carbonyl (C=O) groups excluding carboxylic acids is 1. The molecule has 0 spiro atoms. The second kappa shape index (κ2) is 17.5. The third kappa shape index (κ3) is 12.4. The maximum atomic E-state index is 12.0. The first-order valence-electron chi connectivity index (χ1n) is 13.3. The van der Waals surface area contributed by atoms with Crippen LogP contribution in [-0.2, 0) is 9.53 Å². The van der Waals surface area contributed by atoms with Gasteiger partial charge in [-0.2, -0.15) is 0 Å². The number of carbonyl (C=O) groups is 1. The Balaban J connectivity index is 1.78. The molecule has 0 heterocycles. The van der Waals surface area contributed by atoms with Crippen LogP contribution in [0.4, 0.5) is 5.69 Å². The quantitative estimate of drug-likeness (QED) is 0.0992. The minimum absolute atomic E-state index is 0.327. The first-order chi connectivity index (χ1) is 17.1. The van der Waals surface area contributed by atoms with Gasteiger partial charge in [0.15, 0.2) is 0 Å². The summed E-state index contributed by atoms with van der Waals surface area (Å²) >= 11 is 0. The Labute approximate surface area is 212 Å². The number of esters is 1. The molecular formula is C31H43NO3. The van der Waals surface area contributed by atoms with E-state index < -0.39 is 0 Å². The number of hydrogen-bond acceptors (Lipinski definition) is 4. The van der Waals surface area contributed by atoms with Gasteiger partial charge in [-0.15, -0.1) is 0 Å². The van der Waals surface area contributed by atoms with E-state index >= 15 is 0 Å². The Morgan fingerprint density at radius 1 is 0.914 bits per heavy atom. The molecule has 2 rings (SSSR count). The first-order valence-corrected chi connectivity index (χ1v) is 13.3. The van der Waals surface area contributed by atoms with Gasteiger partial charge >= 0.3 is 5.97 Å². The highest BCUT2D eigenvalue weighted by molar-refractivity contribution is 5.89. The van der Waals surface area contributed by atoms with Gasteiger partial charge in [0.2, 0.25) is 0 Å². The summed E-state index contributed by atoms with van der Waals surface area (Å²) in [6.07, 6.45) is 16.4. The molecule has 0 fully saturated rings. The highest BCUT2D eigenvalue weighted by Gasteiger charge is 2.03. The number of hydrogen-bond donors (Lipinski definition) is 0. The molecule has 0 N–H and O–H groups in total. The summed E-state index contributed by atoms with van der Waals surface area (Å²) in [5.41, 5.74) is 2.67. The van der Waals surface area contributed by atoms with Crippen LogP contribution >= 0.6 is 0 Å². The van der Waals surface area contributed by atoms with Gasteiger partial charge in [-0.1, -0.05) is 90.3 Å². The topological polar surface area (TPSA) is 47.9 Å². The number of nitrogens with zero attached hydrogens (tertiary/aromatic N) is 1. The smallest absolute Gasteiger partial charge is 0.330 e. The molecule has 2 aromatic carbocycles. The van der Waals surface area contributed by atoms with Crippen molar-refractivity contribution in [3.63, 3.8) is 0 Å². The molecule has 0 saturated carbocycles. The normalized spacial score (nSPS) is 12.3. The lowest BCUT2D eigenvalue weighted by Gasteiger charge is -2.07. The van der Waals surface area contributed by atoms with E-state index in [1.165, 1.54) is 51.0 Å². The molecule has 190 valence electrons. The minimum Gasteiger partial charge on any atom is -0.494 e. The lowest BCUT2D eigenvalue weighted by Crippen LogP contribution is -2.08. The second-order valence-electron chi connectivity index (χ2n) is 9.19. The van der Waals surface area contributed by atoms with Crippen molar-refractivity contribution in [1.82, 2.24) is 0 Å². The number of para-hydroxylation sites is 1. The van der Waals surface area contributed by atoms with E-state index in [9.17, 15) is 4.79 Å². The van der Waals surface area contributed by atoms with Gasteiger partial charge in [0.1, 0.15) is 5.75 Å². The molecule has 0 aliphatic heterocycles. The Morgan fingerprint density at radius 2 is 1.60 bits per heavy atom. The van der Waals surface area contributed by atoms with E-state index in [0.717, 1.165) is 42.0 Å². The van der Waals surface area contributed by atoms with Crippen LogP contribution in [0.3, 0.4) is 0 Å². The summed E-state index contributed by atoms with van der Waals surface area (Å²) in [7, 11) is 0. The molecule has 0 aromatic heterocycles. The van der Waals surface area contributed by atoms with Crippen LogP contribution in [0.1, 0.15) is 89.7 Å². The molecule has 35 heavy (non-hydrogen) atoms. The maximum absolute atomic E-state index is 12.0. The second-order valence-corrected chi connectivity index (χ2v) is 9.19. The molecule has 0 amide bonds. The number of ether oxygens (including phenoxy) is 2. The van der Waals surface area contributed by atoms with Crippen LogP contribution in [0.5, 0.6) is 5.75 Å². The molecule has 4 heteroatoms. The van der Waals surface area contributed by atoms with E-state index in [2.05, 4.69) is 25.8 Å². The number of unbranched alkanes of at least 4 members (excludes halogenated alkanes) is 7. The van der Waals surface area contributed by atoms with Crippen molar-refractivity contribution in [1.29, 1.82) is 0 Å². The predicted molar refractivity (Wildman–Crippen MR) is 148 cm³/mol. The number of benzene rings is 2. The van der Waals surface area contributed by atoms with E-state index in [0.29, 0.717) is 12.5 Å². The van der Waals surface area contributed by atoms with Gasteiger partial charge < -0.3 is 9.47 Å². The minimum atomic E-state index is -0.327. The Kier molecular flexibility index (Phi) is 14.2. The first kappa shape index (κ1) is 28.4. The zero-order valence-corrected chi connectivity index (χ0v) is 21.9. The predicted octanol–water partition coefficient (Wildman–Crippen LogP) is 8.56. The summed E-state index contributed by atoms with van der Waals surface area (Å²) in [6, 6.07) is 15.7. The average molecular weight is 478 g/mol. The molecule has 0 radical (unpaired) electrons. The number of aliphatic imine (C=N–C) groups is 1. The fraction of sp³-hybridized carbons (Fsp3) is 0.484. The Bertz CT molecular complexity index is 902. The average Bonchev–Trinajstić information content (AvgIpc) is 2.89. The summed E-state index contributed by atoms with van der Waals surface area (Å²) in [5, 5.41) is 0. The SMILES string of the molecule is CCCCCCCCCCOc1ccc(C=Nc2ccccc2/C=C/C(=O)OC[C@@H](C)CC)cc1. The molecule has 4 nitrogen and oxygen atoms in total. The standard InChI is InChI=1S/C31H43NO3/c1-4-6-7-8-9-10-11-14-23-34-29-20-17-27(18-21-29)24-32-30-16-13-12-15-28(30)19-22-31(33)35-25-26(3)5-2/h12-13,15-22,24,26H,4-11,14,23,25H2,1-3H3/b22-19+,32-24?/t26-/m0/s1. The van der Waals surface area contributed by atoms with Gasteiger partial charge in [0.05, 0.1) is 18.9 Å². The molecule has 0 unspecified atom stereocenters. The Morgan fingerprint density at radius 3 is 2.31 bits per heavy atom. The van der Waals surface area contributed by atoms with Gasteiger partial charge in [-0.3, -0.25) is 4.99 Å². The van der Waals surface area contributed by atoms with Crippen LogP contribution in [0.25, 0.3) is 6.08 Å². The lowest BCUT2D eigenvalue weighted by molar-refractivity contribution is -0.138. The molecule has 2 aromatic rings. The zero-order valence-electron chi connectivity index (χ0n) is 21.9. The molecular weight excluding hydrogens is 434 g/mol. The number of rotatable bonds is 17. The van der Waals surface area contributed by atoms with Crippen LogP contribution in [0.15, 0.2) is 59.6 Å². The van der Waals surface area contributed by atoms with E-state index in [1.54, 1.807) is 6.08 Å². The fourth-order valence-electron chi connectivity index (χ4n) is 3.51. The lowest BCUT2D eigenvalue weighted by atomic mass is 10.1. The largest absolute Gasteiger partial charge is 0.494 e. The van der Waals surface area contributed by atoms with Gasteiger partial charge in [0, 0.05) is 17.9 Å². The van der Waals surface area contributed by atoms with Crippen molar-refractivity contribution in [2.75, 3.05) is 13.2 Å². The van der Waals surface area contributed by atoms with Crippen molar-refractivity contribution in [3.05, 3.63) is 65.7 Å². The summed E-state index contributed by atoms with van der Waals surface area (Å²) in [6.45, 7) is 7.62. The molecule has 0 bridgehead atoms. The third-order valence-electron chi connectivity index (χ3n) is 6.04. The molecule has 0 aliphatic rings. The Hall–Kier alpha value is -2.88. The van der Waals surface area contributed by atoms with E-state index in [-0.39, 0.29) is 5.97 Å². The highest BCUT2D eigenvalue weighted by Crippen LogP contribution is 2.21. The van der Waals surface area contributed by atoms with Gasteiger partial charge in [-0.05, 0) is 54.3 Å². The van der Waals surface area contributed by atoms with Crippen LogP contribution < -0.4 is 4.74 Å².